The zero-order valence-corrected chi connectivity index (χ0v) is 16.7. The van der Waals surface area contributed by atoms with E-state index in [1.54, 1.807) is 31.4 Å². The molecule has 8 heteroatoms. The van der Waals surface area contributed by atoms with Crippen LogP contribution in [0.4, 0.5) is 5.13 Å². The maximum absolute atomic E-state index is 12.5. The van der Waals surface area contributed by atoms with Crippen LogP contribution >= 0.6 is 11.3 Å². The standard InChI is InChI=1S/C17H25N3O3S2/c1-5-20(6-2)25(21,22)15-9-7-14(8-10-15)16-12-24-17(19-16)18-13(3)11-23-4/h7-10,12-13H,5-6,11H2,1-4H3,(H,18,19)/t13-/m1/s1. The molecule has 0 amide bonds. The predicted molar refractivity (Wildman–Crippen MR) is 103 cm³/mol. The van der Waals surface area contributed by atoms with Crippen molar-refractivity contribution >= 4 is 26.5 Å². The van der Waals surface area contributed by atoms with E-state index in [1.165, 1.54) is 15.6 Å². The van der Waals surface area contributed by atoms with Gasteiger partial charge in [0.1, 0.15) is 0 Å². The summed E-state index contributed by atoms with van der Waals surface area (Å²) in [5, 5.41) is 6.05. The van der Waals surface area contributed by atoms with Crippen molar-refractivity contribution in [1.29, 1.82) is 0 Å². The fourth-order valence-electron chi connectivity index (χ4n) is 2.49. The van der Waals surface area contributed by atoms with Crippen molar-refractivity contribution in [1.82, 2.24) is 9.29 Å². The van der Waals surface area contributed by atoms with Crippen LogP contribution in [-0.4, -0.2) is 50.6 Å². The van der Waals surface area contributed by atoms with Gasteiger partial charge in [0.15, 0.2) is 5.13 Å². The molecule has 0 aliphatic carbocycles. The highest BCUT2D eigenvalue weighted by molar-refractivity contribution is 7.89. The quantitative estimate of drug-likeness (QED) is 0.719. The van der Waals surface area contributed by atoms with Gasteiger partial charge >= 0.3 is 0 Å². The Bertz CT molecular complexity index is 769. The molecule has 138 valence electrons. The monoisotopic (exact) mass is 383 g/mol. The number of aromatic nitrogens is 1. The molecule has 0 aliphatic heterocycles. The van der Waals surface area contributed by atoms with Gasteiger partial charge in [-0.15, -0.1) is 11.3 Å². The third-order valence-electron chi connectivity index (χ3n) is 3.78. The number of hydrogen-bond acceptors (Lipinski definition) is 6. The zero-order valence-electron chi connectivity index (χ0n) is 15.0. The molecule has 0 unspecified atom stereocenters. The average molecular weight is 384 g/mol. The summed E-state index contributed by atoms with van der Waals surface area (Å²) < 4.78 is 31.6. The summed E-state index contributed by atoms with van der Waals surface area (Å²) in [6, 6.07) is 7.05. The molecular weight excluding hydrogens is 358 g/mol. The van der Waals surface area contributed by atoms with E-state index in [1.807, 2.05) is 26.2 Å². The number of benzene rings is 1. The van der Waals surface area contributed by atoms with Crippen LogP contribution in [0.2, 0.25) is 0 Å². The van der Waals surface area contributed by atoms with Gasteiger partial charge in [-0.2, -0.15) is 4.31 Å². The first kappa shape index (κ1) is 19.8. The highest BCUT2D eigenvalue weighted by Gasteiger charge is 2.21. The first-order valence-corrected chi connectivity index (χ1v) is 10.6. The van der Waals surface area contributed by atoms with E-state index in [-0.39, 0.29) is 6.04 Å². The van der Waals surface area contributed by atoms with Gasteiger partial charge in [0.25, 0.3) is 0 Å². The SMILES string of the molecule is CCN(CC)S(=O)(=O)c1ccc(-c2csc(N[C@H](C)COC)n2)cc1. The minimum Gasteiger partial charge on any atom is -0.383 e. The van der Waals surface area contributed by atoms with Gasteiger partial charge in [0.2, 0.25) is 10.0 Å². The molecule has 1 aromatic heterocycles. The number of anilines is 1. The second-order valence-electron chi connectivity index (χ2n) is 5.65. The van der Waals surface area contributed by atoms with Gasteiger partial charge in [0, 0.05) is 37.2 Å². The molecular formula is C17H25N3O3S2. The molecule has 0 bridgehead atoms. The molecule has 0 spiro atoms. The predicted octanol–water partition coefficient (Wildman–Crippen LogP) is 3.29. The molecule has 0 radical (unpaired) electrons. The maximum Gasteiger partial charge on any atom is 0.243 e. The van der Waals surface area contributed by atoms with Gasteiger partial charge in [-0.3, -0.25) is 0 Å². The van der Waals surface area contributed by atoms with Crippen molar-refractivity contribution in [2.45, 2.75) is 31.7 Å². The molecule has 0 aliphatic rings. The average Bonchev–Trinajstić information content (AvgIpc) is 3.04. The van der Waals surface area contributed by atoms with Crippen molar-refractivity contribution < 1.29 is 13.2 Å². The number of nitrogens with one attached hydrogen (secondary N) is 1. The molecule has 1 aromatic carbocycles. The fraction of sp³-hybridized carbons (Fsp3) is 0.471. The minimum absolute atomic E-state index is 0.172. The van der Waals surface area contributed by atoms with Gasteiger partial charge in [0.05, 0.1) is 17.2 Å². The topological polar surface area (TPSA) is 71.5 Å². The van der Waals surface area contributed by atoms with Gasteiger partial charge in [-0.05, 0) is 19.1 Å². The number of ether oxygens (including phenoxy) is 1. The molecule has 0 saturated carbocycles. The van der Waals surface area contributed by atoms with Crippen LogP contribution in [0.3, 0.4) is 0 Å². The van der Waals surface area contributed by atoms with E-state index in [0.29, 0.717) is 24.6 Å². The van der Waals surface area contributed by atoms with Crippen molar-refractivity contribution in [3.8, 4) is 11.3 Å². The fourth-order valence-corrected chi connectivity index (χ4v) is 4.78. The molecule has 0 saturated heterocycles. The Hall–Kier alpha value is -1.48. The Morgan fingerprint density at radius 1 is 1.24 bits per heavy atom. The molecule has 0 fully saturated rings. The number of nitrogens with zero attached hydrogens (tertiary/aromatic N) is 2. The highest BCUT2D eigenvalue weighted by Crippen LogP contribution is 2.27. The van der Waals surface area contributed by atoms with E-state index in [2.05, 4.69) is 10.3 Å². The van der Waals surface area contributed by atoms with Gasteiger partial charge in [-0.1, -0.05) is 26.0 Å². The lowest BCUT2D eigenvalue weighted by Crippen LogP contribution is -2.30. The molecule has 1 atom stereocenters. The third-order valence-corrected chi connectivity index (χ3v) is 6.62. The largest absolute Gasteiger partial charge is 0.383 e. The van der Waals surface area contributed by atoms with Crippen LogP contribution in [0.15, 0.2) is 34.5 Å². The van der Waals surface area contributed by atoms with Crippen LogP contribution in [0.25, 0.3) is 11.3 Å². The number of thiazole rings is 1. The number of rotatable bonds is 9. The van der Waals surface area contributed by atoms with Gasteiger partial charge in [-0.25, -0.2) is 13.4 Å². The molecule has 2 aromatic rings. The van der Waals surface area contributed by atoms with Crippen LogP contribution in [0.1, 0.15) is 20.8 Å². The lowest BCUT2D eigenvalue weighted by atomic mass is 10.2. The lowest BCUT2D eigenvalue weighted by molar-refractivity contribution is 0.190. The summed E-state index contributed by atoms with van der Waals surface area (Å²) in [6.45, 7) is 7.22. The van der Waals surface area contributed by atoms with E-state index in [4.69, 9.17) is 4.74 Å². The Kier molecular flexibility index (Phi) is 6.95. The summed E-state index contributed by atoms with van der Waals surface area (Å²) in [5.74, 6) is 0. The van der Waals surface area contributed by atoms with E-state index < -0.39 is 10.0 Å². The van der Waals surface area contributed by atoms with Crippen molar-refractivity contribution in [2.24, 2.45) is 0 Å². The summed E-state index contributed by atoms with van der Waals surface area (Å²) in [6.07, 6.45) is 0. The maximum atomic E-state index is 12.5. The van der Waals surface area contributed by atoms with Crippen LogP contribution in [-0.2, 0) is 14.8 Å². The number of sulfonamides is 1. The second kappa shape index (κ2) is 8.75. The van der Waals surface area contributed by atoms with E-state index in [9.17, 15) is 8.42 Å². The normalized spacial score (nSPS) is 13.2. The van der Waals surface area contributed by atoms with Crippen LogP contribution in [0, 0.1) is 0 Å². The van der Waals surface area contributed by atoms with Crippen molar-refractivity contribution in [3.05, 3.63) is 29.6 Å². The van der Waals surface area contributed by atoms with E-state index >= 15 is 0 Å². The molecule has 1 N–H and O–H groups in total. The van der Waals surface area contributed by atoms with Gasteiger partial charge < -0.3 is 10.1 Å². The summed E-state index contributed by atoms with van der Waals surface area (Å²) >= 11 is 1.52. The molecule has 1 heterocycles. The number of hydrogen-bond donors (Lipinski definition) is 1. The Morgan fingerprint density at radius 3 is 2.44 bits per heavy atom. The zero-order chi connectivity index (χ0) is 18.4. The first-order chi connectivity index (χ1) is 11.9. The smallest absolute Gasteiger partial charge is 0.243 e. The lowest BCUT2D eigenvalue weighted by Gasteiger charge is -2.18. The Balaban J connectivity index is 2.16. The summed E-state index contributed by atoms with van der Waals surface area (Å²) in [4.78, 5) is 4.86. The van der Waals surface area contributed by atoms with Crippen molar-refractivity contribution in [2.75, 3.05) is 32.1 Å². The highest BCUT2D eigenvalue weighted by atomic mass is 32.2. The molecule has 2 rings (SSSR count). The Labute approximate surface area is 153 Å². The summed E-state index contributed by atoms with van der Waals surface area (Å²) in [7, 11) is -1.76. The molecule has 6 nitrogen and oxygen atoms in total. The summed E-state index contributed by atoms with van der Waals surface area (Å²) in [5.41, 5.74) is 1.71. The van der Waals surface area contributed by atoms with E-state index in [0.717, 1.165) is 16.4 Å². The van der Waals surface area contributed by atoms with Crippen LogP contribution in [0.5, 0.6) is 0 Å². The van der Waals surface area contributed by atoms with Crippen molar-refractivity contribution in [3.63, 3.8) is 0 Å². The Morgan fingerprint density at radius 2 is 1.88 bits per heavy atom. The molecule has 25 heavy (non-hydrogen) atoms. The third kappa shape index (κ3) is 4.78. The number of methoxy groups -OCH3 is 1. The first-order valence-electron chi connectivity index (χ1n) is 8.23. The van der Waals surface area contributed by atoms with Crippen LogP contribution < -0.4 is 5.32 Å². The second-order valence-corrected chi connectivity index (χ2v) is 8.45. The minimum atomic E-state index is -3.43.